The third kappa shape index (κ3) is 2.58. The first kappa shape index (κ1) is 11.1. The molecule has 2 N–H and O–H groups in total. The van der Waals surface area contributed by atoms with Gasteiger partial charge in [0.15, 0.2) is 5.90 Å². The van der Waals surface area contributed by atoms with Gasteiger partial charge in [-0.05, 0) is 11.6 Å². The number of halogens is 1. The maximum Gasteiger partial charge on any atom is 0.185 e. The monoisotopic (exact) mass is 222 g/mol. The van der Waals surface area contributed by atoms with Crippen molar-refractivity contribution in [1.82, 2.24) is 0 Å². The highest BCUT2D eigenvalue weighted by atomic mass is 19.1. The van der Waals surface area contributed by atoms with Crippen LogP contribution in [0.4, 0.5) is 4.39 Å². The second-order valence-electron chi connectivity index (χ2n) is 3.81. The molecule has 0 aliphatic carbocycles. The van der Waals surface area contributed by atoms with E-state index in [-0.39, 0.29) is 11.9 Å². The number of hydrogen-bond donors (Lipinski definition) is 1. The van der Waals surface area contributed by atoms with Crippen LogP contribution in [-0.2, 0) is 11.2 Å². The molecule has 86 valence electrons. The topological polar surface area (TPSA) is 47.6 Å². The first-order chi connectivity index (χ1) is 7.79. The van der Waals surface area contributed by atoms with Crippen molar-refractivity contribution >= 4 is 5.90 Å². The van der Waals surface area contributed by atoms with Gasteiger partial charge in [0, 0.05) is 19.4 Å². The molecule has 0 radical (unpaired) electrons. The fourth-order valence-corrected chi connectivity index (χ4v) is 1.75. The molecule has 1 unspecified atom stereocenters. The van der Waals surface area contributed by atoms with Gasteiger partial charge in [-0.1, -0.05) is 18.2 Å². The minimum absolute atomic E-state index is 0.0431. The van der Waals surface area contributed by atoms with Crippen molar-refractivity contribution in [3.63, 3.8) is 0 Å². The summed E-state index contributed by atoms with van der Waals surface area (Å²) in [5, 5.41) is 0. The van der Waals surface area contributed by atoms with E-state index in [1.165, 1.54) is 6.07 Å². The first-order valence-electron chi connectivity index (χ1n) is 5.43. The quantitative estimate of drug-likeness (QED) is 0.839. The highest BCUT2D eigenvalue weighted by Gasteiger charge is 2.20. The van der Waals surface area contributed by atoms with Crippen molar-refractivity contribution in [3.05, 3.63) is 35.6 Å². The van der Waals surface area contributed by atoms with Crippen LogP contribution in [0, 0.1) is 5.82 Å². The number of hydrogen-bond acceptors (Lipinski definition) is 3. The van der Waals surface area contributed by atoms with Gasteiger partial charge in [0.1, 0.15) is 11.9 Å². The largest absolute Gasteiger partial charge is 0.475 e. The lowest BCUT2D eigenvalue weighted by atomic mass is 10.1. The number of nitrogens with two attached hydrogens (primary N) is 1. The highest BCUT2D eigenvalue weighted by Crippen LogP contribution is 2.15. The van der Waals surface area contributed by atoms with Gasteiger partial charge in [0.2, 0.25) is 0 Å². The summed E-state index contributed by atoms with van der Waals surface area (Å²) >= 11 is 0. The summed E-state index contributed by atoms with van der Waals surface area (Å²) < 4.78 is 18.9. The van der Waals surface area contributed by atoms with Gasteiger partial charge in [0.05, 0.1) is 6.54 Å². The summed E-state index contributed by atoms with van der Waals surface area (Å²) in [6.45, 7) is 1.13. The second kappa shape index (κ2) is 5.07. The van der Waals surface area contributed by atoms with Crippen LogP contribution in [-0.4, -0.2) is 25.1 Å². The molecule has 0 saturated carbocycles. The van der Waals surface area contributed by atoms with Crippen LogP contribution in [0.2, 0.25) is 0 Å². The summed E-state index contributed by atoms with van der Waals surface area (Å²) in [5.41, 5.74) is 6.09. The Bertz CT molecular complexity index is 392. The zero-order valence-corrected chi connectivity index (χ0v) is 9.03. The molecular weight excluding hydrogens is 207 g/mol. The lowest BCUT2D eigenvalue weighted by molar-refractivity contribution is 0.218. The molecule has 0 saturated heterocycles. The predicted octanol–water partition coefficient (Wildman–Crippen LogP) is 1.51. The number of nitrogens with zero attached hydrogens (tertiary/aromatic N) is 1. The molecule has 0 aromatic heterocycles. The fraction of sp³-hybridized carbons (Fsp3) is 0.417. The molecule has 1 aliphatic rings. The highest BCUT2D eigenvalue weighted by molar-refractivity contribution is 5.77. The molecule has 1 aromatic carbocycles. The first-order valence-corrected chi connectivity index (χ1v) is 5.43. The Labute approximate surface area is 94.1 Å². The molecule has 0 bridgehead atoms. The van der Waals surface area contributed by atoms with Gasteiger partial charge in [0.25, 0.3) is 0 Å². The van der Waals surface area contributed by atoms with Crippen LogP contribution in [0.25, 0.3) is 0 Å². The van der Waals surface area contributed by atoms with Crippen molar-refractivity contribution in [1.29, 1.82) is 0 Å². The molecule has 0 amide bonds. The maximum absolute atomic E-state index is 13.4. The molecular formula is C12H15FN2O. The Morgan fingerprint density at radius 1 is 1.44 bits per heavy atom. The van der Waals surface area contributed by atoms with E-state index in [4.69, 9.17) is 10.5 Å². The summed E-state index contributed by atoms with van der Waals surface area (Å²) in [6, 6.07) is 6.76. The normalized spacial score (nSPS) is 19.4. The van der Waals surface area contributed by atoms with E-state index in [0.717, 1.165) is 0 Å². The Kier molecular flexibility index (Phi) is 3.51. The maximum atomic E-state index is 13.4. The van der Waals surface area contributed by atoms with Crippen LogP contribution in [0.3, 0.4) is 0 Å². The average Bonchev–Trinajstić information content (AvgIpc) is 2.70. The van der Waals surface area contributed by atoms with Crippen LogP contribution in [0.1, 0.15) is 12.0 Å². The molecule has 1 heterocycles. The van der Waals surface area contributed by atoms with E-state index >= 15 is 0 Å². The Hall–Kier alpha value is -1.42. The Balaban J connectivity index is 1.91. The number of ether oxygens (including phenoxy) is 1. The van der Waals surface area contributed by atoms with Crippen molar-refractivity contribution in [2.75, 3.05) is 13.1 Å². The molecule has 1 atom stereocenters. The zero-order chi connectivity index (χ0) is 11.4. The molecule has 4 heteroatoms. The van der Waals surface area contributed by atoms with Gasteiger partial charge in [-0.15, -0.1) is 0 Å². The third-order valence-corrected chi connectivity index (χ3v) is 2.54. The van der Waals surface area contributed by atoms with E-state index in [2.05, 4.69) is 4.99 Å². The van der Waals surface area contributed by atoms with Crippen molar-refractivity contribution in [3.8, 4) is 0 Å². The Morgan fingerprint density at radius 2 is 2.25 bits per heavy atom. The molecule has 16 heavy (non-hydrogen) atoms. The molecule has 1 aromatic rings. The average molecular weight is 222 g/mol. The summed E-state index contributed by atoms with van der Waals surface area (Å²) in [7, 11) is 0. The minimum Gasteiger partial charge on any atom is -0.475 e. The van der Waals surface area contributed by atoms with Crippen molar-refractivity contribution in [2.24, 2.45) is 10.7 Å². The zero-order valence-electron chi connectivity index (χ0n) is 9.03. The number of aliphatic imine (C=N–C) groups is 1. The van der Waals surface area contributed by atoms with Gasteiger partial charge in [-0.3, -0.25) is 4.99 Å². The molecule has 1 aliphatic heterocycles. The Morgan fingerprint density at radius 3 is 3.00 bits per heavy atom. The van der Waals surface area contributed by atoms with E-state index < -0.39 is 0 Å². The lowest BCUT2D eigenvalue weighted by Crippen LogP contribution is -2.18. The van der Waals surface area contributed by atoms with E-state index in [9.17, 15) is 4.39 Å². The van der Waals surface area contributed by atoms with Crippen LogP contribution >= 0.6 is 0 Å². The van der Waals surface area contributed by atoms with Crippen LogP contribution < -0.4 is 5.73 Å². The summed E-state index contributed by atoms with van der Waals surface area (Å²) in [4.78, 5) is 4.22. The van der Waals surface area contributed by atoms with Gasteiger partial charge >= 0.3 is 0 Å². The summed E-state index contributed by atoms with van der Waals surface area (Å²) in [5.74, 6) is 0.516. The van der Waals surface area contributed by atoms with Crippen LogP contribution in [0.15, 0.2) is 29.3 Å². The number of benzene rings is 1. The van der Waals surface area contributed by atoms with Crippen molar-refractivity contribution in [2.45, 2.75) is 18.9 Å². The van der Waals surface area contributed by atoms with Crippen LogP contribution in [0.5, 0.6) is 0 Å². The SMILES string of the molecule is NCCC1=NCC(Cc2ccccc2F)O1. The van der Waals surface area contributed by atoms with E-state index in [1.54, 1.807) is 12.1 Å². The van der Waals surface area contributed by atoms with Gasteiger partial charge in [-0.2, -0.15) is 0 Å². The third-order valence-electron chi connectivity index (χ3n) is 2.54. The summed E-state index contributed by atoms with van der Waals surface area (Å²) in [6.07, 6.45) is 1.18. The van der Waals surface area contributed by atoms with Crippen molar-refractivity contribution < 1.29 is 9.13 Å². The van der Waals surface area contributed by atoms with Gasteiger partial charge in [-0.25, -0.2) is 4.39 Å². The molecule has 0 fully saturated rings. The van der Waals surface area contributed by atoms with Gasteiger partial charge < -0.3 is 10.5 Å². The second-order valence-corrected chi connectivity index (χ2v) is 3.81. The predicted molar refractivity (Wildman–Crippen MR) is 61.0 cm³/mol. The minimum atomic E-state index is -0.182. The standard InChI is InChI=1S/C12H15FN2O/c13-11-4-2-1-3-9(11)7-10-8-15-12(16-10)5-6-14/h1-4,10H,5-8,14H2. The lowest BCUT2D eigenvalue weighted by Gasteiger charge is -2.11. The molecule has 2 rings (SSSR count). The smallest absolute Gasteiger partial charge is 0.185 e. The molecule has 3 nitrogen and oxygen atoms in total. The fourth-order valence-electron chi connectivity index (χ4n) is 1.75. The number of rotatable bonds is 4. The van der Waals surface area contributed by atoms with E-state index in [1.807, 2.05) is 6.07 Å². The molecule has 0 spiro atoms. The van der Waals surface area contributed by atoms with E-state index in [0.29, 0.717) is 37.4 Å².